The maximum atomic E-state index is 13.6. The summed E-state index contributed by atoms with van der Waals surface area (Å²) < 4.78 is 9.28. The van der Waals surface area contributed by atoms with E-state index in [0.717, 1.165) is 75.5 Å². The number of amides is 4. The highest BCUT2D eigenvalue weighted by Crippen LogP contribution is 2.38. The van der Waals surface area contributed by atoms with Crippen molar-refractivity contribution in [2.75, 3.05) is 22.1 Å². The lowest BCUT2D eigenvalue weighted by Crippen LogP contribution is -2.39. The average molecular weight is 931 g/mol. The first-order chi connectivity index (χ1) is 33.0. The summed E-state index contributed by atoms with van der Waals surface area (Å²) in [5, 5.41) is 24.9. The largest absolute Gasteiger partial charge is 0.490 e. The second kappa shape index (κ2) is 18.7. The number of piperidine rings is 1. The van der Waals surface area contributed by atoms with Gasteiger partial charge in [-0.15, -0.1) is 0 Å². The highest BCUT2D eigenvalue weighted by Gasteiger charge is 2.33. The minimum absolute atomic E-state index is 0.0235. The lowest BCUT2D eigenvalue weighted by molar-refractivity contribution is -0.134. The quantitative estimate of drug-likeness (QED) is 0.0854. The number of fused-ring (bicyclic) bond motifs is 3. The Bertz CT molecular complexity index is 3120. The average Bonchev–Trinajstić information content (AvgIpc) is 3.91. The SMILES string of the molecule is Cc1c(O[C@H]2CC[C@H](CCC(=O)Nc3cccc4c(C5CCC(=O)NC5=O)nn(C)c34)CC2)cccc1-c1ccc(N2CCc3cccc(C(=O)Nc4nc5ccccc5s4)c3C2)nc1C(=O)O. The summed E-state index contributed by atoms with van der Waals surface area (Å²) >= 11 is 1.42. The molecule has 3 aromatic heterocycles. The summed E-state index contributed by atoms with van der Waals surface area (Å²) in [6.07, 6.45) is 5.87. The summed E-state index contributed by atoms with van der Waals surface area (Å²) in [7, 11) is 1.79. The molecule has 1 saturated heterocycles. The van der Waals surface area contributed by atoms with Crippen LogP contribution in [0.4, 0.5) is 16.6 Å². The van der Waals surface area contributed by atoms with E-state index >= 15 is 0 Å². The van der Waals surface area contributed by atoms with Crippen LogP contribution in [0.25, 0.3) is 32.2 Å². The number of thiazole rings is 1. The number of rotatable bonds is 12. The van der Waals surface area contributed by atoms with Crippen molar-refractivity contribution >= 4 is 78.7 Å². The highest BCUT2D eigenvalue weighted by atomic mass is 32.1. The fourth-order valence-electron chi connectivity index (χ4n) is 10.1. The minimum Gasteiger partial charge on any atom is -0.490 e. The van der Waals surface area contributed by atoms with Gasteiger partial charge in [-0.05, 0) is 123 Å². The van der Waals surface area contributed by atoms with Gasteiger partial charge in [-0.2, -0.15) is 5.10 Å². The Labute approximate surface area is 395 Å². The highest BCUT2D eigenvalue weighted by molar-refractivity contribution is 7.22. The predicted octanol–water partition coefficient (Wildman–Crippen LogP) is 8.94. The van der Waals surface area contributed by atoms with Crippen LogP contribution in [0.15, 0.2) is 91.0 Å². The van der Waals surface area contributed by atoms with Crippen molar-refractivity contribution in [1.29, 1.82) is 0 Å². The van der Waals surface area contributed by atoms with E-state index in [1.54, 1.807) is 11.7 Å². The molecule has 346 valence electrons. The van der Waals surface area contributed by atoms with Crippen LogP contribution in [0, 0.1) is 12.8 Å². The molecule has 1 unspecified atom stereocenters. The molecule has 2 aliphatic heterocycles. The molecule has 15 nitrogen and oxygen atoms in total. The van der Waals surface area contributed by atoms with Crippen molar-refractivity contribution in [3.63, 3.8) is 0 Å². The third-order valence-electron chi connectivity index (χ3n) is 13.6. The van der Waals surface area contributed by atoms with Gasteiger partial charge in [-0.1, -0.05) is 59.9 Å². The van der Waals surface area contributed by atoms with E-state index in [-0.39, 0.29) is 41.8 Å². The van der Waals surface area contributed by atoms with Gasteiger partial charge in [-0.3, -0.25) is 34.5 Å². The van der Waals surface area contributed by atoms with Crippen molar-refractivity contribution < 1.29 is 33.8 Å². The second-order valence-corrected chi connectivity index (χ2v) is 18.9. The standard InChI is InChI=1S/C52H50N8O7S/c1-29-33(34-21-23-43(55-47(34)51(65)66)60-27-26-31-8-5-10-35(38(31)28-60)49(63)57-52-54-39-12-3-4-15-42(39)68-52)9-7-14-41(29)67-32-19-16-30(17-20-32)18-24-44(61)53-40-13-6-11-36-46(58-59(2)48(36)40)37-22-25-45(62)56-50(37)64/h3-15,21,23,30,32,37H,16-20,22,24-28H2,1-2H3,(H,53,61)(H,65,66)(H,54,57,63)(H,56,62,64)/t30-,32-,37?. The maximum absolute atomic E-state index is 13.6. The zero-order chi connectivity index (χ0) is 47.1. The predicted molar refractivity (Wildman–Crippen MR) is 260 cm³/mol. The number of imide groups is 1. The molecule has 1 saturated carbocycles. The third kappa shape index (κ3) is 8.90. The van der Waals surface area contributed by atoms with Crippen LogP contribution in [0.1, 0.15) is 101 Å². The first-order valence-electron chi connectivity index (χ1n) is 23.1. The zero-order valence-corrected chi connectivity index (χ0v) is 38.5. The van der Waals surface area contributed by atoms with Crippen molar-refractivity contribution in [2.24, 2.45) is 13.0 Å². The van der Waals surface area contributed by atoms with Gasteiger partial charge in [-0.25, -0.2) is 14.8 Å². The van der Waals surface area contributed by atoms with Gasteiger partial charge in [0.2, 0.25) is 17.7 Å². The van der Waals surface area contributed by atoms with Gasteiger partial charge in [0.15, 0.2) is 10.8 Å². The molecule has 4 N–H and O–H groups in total. The van der Waals surface area contributed by atoms with E-state index < -0.39 is 11.9 Å². The molecule has 5 heterocycles. The number of nitrogens with one attached hydrogen (secondary N) is 3. The van der Waals surface area contributed by atoms with Crippen molar-refractivity contribution in [3.05, 3.63) is 125 Å². The number of nitrogens with zero attached hydrogens (tertiary/aromatic N) is 5. The van der Waals surface area contributed by atoms with Gasteiger partial charge in [0, 0.05) is 49.5 Å². The number of para-hydroxylation sites is 2. The van der Waals surface area contributed by atoms with Crippen LogP contribution in [0.3, 0.4) is 0 Å². The second-order valence-electron chi connectivity index (χ2n) is 17.9. The number of aromatic carboxylic acids is 1. The fourth-order valence-corrected chi connectivity index (χ4v) is 10.9. The molecule has 0 spiro atoms. The number of carbonyl (C=O) groups is 5. The van der Waals surface area contributed by atoms with E-state index in [1.165, 1.54) is 11.3 Å². The first kappa shape index (κ1) is 44.4. The number of carboxylic acids is 1. The topological polar surface area (TPSA) is 198 Å². The number of ether oxygens (including phenoxy) is 1. The van der Waals surface area contributed by atoms with E-state index in [9.17, 15) is 29.1 Å². The molecular formula is C52H50N8O7S. The number of hydrogen-bond acceptors (Lipinski definition) is 11. The molecule has 0 bridgehead atoms. The number of hydrogen-bond donors (Lipinski definition) is 4. The van der Waals surface area contributed by atoms with Gasteiger partial charge in [0.05, 0.1) is 39.1 Å². The first-order valence-corrected chi connectivity index (χ1v) is 23.9. The Balaban J connectivity index is 0.760. The fraction of sp³-hybridized carbons (Fsp3) is 0.308. The number of aromatic nitrogens is 4. The Kier molecular flexibility index (Phi) is 12.2. The molecule has 68 heavy (non-hydrogen) atoms. The molecule has 7 aromatic rings. The Hall–Kier alpha value is -7.46. The van der Waals surface area contributed by atoms with E-state index in [0.29, 0.717) is 77.5 Å². The van der Waals surface area contributed by atoms with Crippen LogP contribution < -0.4 is 25.6 Å². The van der Waals surface area contributed by atoms with E-state index in [1.807, 2.05) is 103 Å². The molecule has 2 fully saturated rings. The number of pyridine rings is 1. The maximum Gasteiger partial charge on any atom is 0.355 e. The van der Waals surface area contributed by atoms with E-state index in [4.69, 9.17) is 9.72 Å². The van der Waals surface area contributed by atoms with Crippen LogP contribution in [0.2, 0.25) is 0 Å². The van der Waals surface area contributed by atoms with Crippen LogP contribution >= 0.6 is 11.3 Å². The van der Waals surface area contributed by atoms with Gasteiger partial charge in [0.1, 0.15) is 11.6 Å². The molecule has 4 aromatic carbocycles. The smallest absolute Gasteiger partial charge is 0.355 e. The van der Waals surface area contributed by atoms with Gasteiger partial charge in [0.25, 0.3) is 5.91 Å². The molecule has 1 atom stereocenters. The Morgan fingerprint density at radius 2 is 1.68 bits per heavy atom. The van der Waals surface area contributed by atoms with Gasteiger partial charge >= 0.3 is 5.97 Å². The van der Waals surface area contributed by atoms with Crippen LogP contribution in [-0.4, -0.2) is 67.1 Å². The minimum atomic E-state index is -1.14. The van der Waals surface area contributed by atoms with Crippen LogP contribution in [-0.2, 0) is 34.4 Å². The summed E-state index contributed by atoms with van der Waals surface area (Å²) in [4.78, 5) is 75.5. The molecule has 4 amide bonds. The third-order valence-corrected chi connectivity index (χ3v) is 14.6. The summed E-state index contributed by atoms with van der Waals surface area (Å²) in [6.45, 7) is 2.94. The Morgan fingerprint density at radius 1 is 0.868 bits per heavy atom. The monoisotopic (exact) mass is 930 g/mol. The summed E-state index contributed by atoms with van der Waals surface area (Å²) in [5.74, 6) is -1.06. The zero-order valence-electron chi connectivity index (χ0n) is 37.7. The number of anilines is 3. The van der Waals surface area contributed by atoms with Gasteiger partial charge < -0.3 is 20.1 Å². The number of carbonyl (C=O) groups excluding carboxylic acids is 4. The molecule has 1 aliphatic carbocycles. The molecule has 0 radical (unpaired) electrons. The summed E-state index contributed by atoms with van der Waals surface area (Å²) in [6, 6.07) is 28.4. The lowest BCUT2D eigenvalue weighted by Gasteiger charge is -2.31. The normalized spacial score (nSPS) is 18.3. The number of benzene rings is 4. The van der Waals surface area contributed by atoms with Crippen molar-refractivity contribution in [3.8, 4) is 16.9 Å². The molecule has 3 aliphatic rings. The summed E-state index contributed by atoms with van der Waals surface area (Å²) in [5.41, 5.74) is 7.26. The Morgan fingerprint density at radius 3 is 2.49 bits per heavy atom. The van der Waals surface area contributed by atoms with E-state index in [2.05, 4.69) is 26.0 Å². The van der Waals surface area contributed by atoms with Crippen molar-refractivity contribution in [1.82, 2.24) is 25.1 Å². The molecule has 10 rings (SSSR count). The molecular weight excluding hydrogens is 881 g/mol. The van der Waals surface area contributed by atoms with Crippen LogP contribution in [0.5, 0.6) is 5.75 Å². The van der Waals surface area contributed by atoms with Crippen molar-refractivity contribution in [2.45, 2.75) is 83.3 Å². The number of carboxylic acid groups (broad SMARTS) is 1. The molecule has 16 heteroatoms. The number of aryl methyl sites for hydroxylation is 1. The lowest BCUT2D eigenvalue weighted by atomic mass is 9.84.